The van der Waals surface area contributed by atoms with Gasteiger partial charge >= 0.3 is 6.18 Å². The molecule has 0 aliphatic heterocycles. The van der Waals surface area contributed by atoms with Crippen LogP contribution in [0.1, 0.15) is 18.3 Å². The van der Waals surface area contributed by atoms with Crippen molar-refractivity contribution in [3.05, 3.63) is 42.0 Å². The lowest BCUT2D eigenvalue weighted by atomic mass is 10.1. The van der Waals surface area contributed by atoms with E-state index in [1.165, 1.54) is 23.0 Å². The predicted molar refractivity (Wildman–Crippen MR) is 86.2 cm³/mol. The molecule has 1 aromatic carbocycles. The van der Waals surface area contributed by atoms with Crippen LogP contribution in [0.15, 0.2) is 30.6 Å². The first-order chi connectivity index (χ1) is 12.5. The third-order valence-electron chi connectivity index (χ3n) is 3.84. The minimum atomic E-state index is -4.39. The molecule has 0 amide bonds. The van der Waals surface area contributed by atoms with E-state index in [4.69, 9.17) is 4.74 Å². The first-order valence-electron chi connectivity index (χ1n) is 7.81. The molecule has 0 aliphatic carbocycles. The van der Waals surface area contributed by atoms with E-state index in [0.29, 0.717) is 40.6 Å². The number of hydrogen-bond acceptors (Lipinski definition) is 5. The van der Waals surface area contributed by atoms with E-state index in [1.54, 1.807) is 0 Å². The zero-order valence-electron chi connectivity index (χ0n) is 13.6. The van der Waals surface area contributed by atoms with Crippen LogP contribution in [-0.4, -0.2) is 36.2 Å². The quantitative estimate of drug-likeness (QED) is 0.603. The lowest BCUT2D eigenvalue weighted by molar-refractivity contribution is -0.137. The van der Waals surface area contributed by atoms with Crippen molar-refractivity contribution < 1.29 is 17.9 Å². The van der Waals surface area contributed by atoms with Crippen LogP contribution in [0.4, 0.5) is 13.2 Å². The fraction of sp³-hybridized carbons (Fsp3) is 0.250. The summed E-state index contributed by atoms with van der Waals surface area (Å²) >= 11 is 0. The number of fused-ring (bicyclic) bond motifs is 3. The second-order valence-electron chi connectivity index (χ2n) is 5.51. The average molecular weight is 362 g/mol. The molecule has 10 heteroatoms. The number of nitrogens with one attached hydrogen (secondary N) is 1. The molecule has 0 bridgehead atoms. The van der Waals surface area contributed by atoms with E-state index in [2.05, 4.69) is 25.0 Å². The molecule has 134 valence electrons. The number of alkyl halides is 3. The van der Waals surface area contributed by atoms with Gasteiger partial charge in [-0.2, -0.15) is 17.7 Å². The maximum absolute atomic E-state index is 12.7. The van der Waals surface area contributed by atoms with E-state index in [0.717, 1.165) is 12.1 Å². The number of nitrogens with zero attached hydrogens (tertiary/aromatic N) is 5. The molecule has 0 unspecified atom stereocenters. The van der Waals surface area contributed by atoms with Crippen LogP contribution in [0.2, 0.25) is 0 Å². The molecule has 4 aromatic rings. The Bertz CT molecular complexity index is 1070. The smallest absolute Gasteiger partial charge is 0.374 e. The van der Waals surface area contributed by atoms with Gasteiger partial charge in [-0.1, -0.05) is 12.1 Å². The lowest BCUT2D eigenvalue weighted by Gasteiger charge is -2.06. The number of benzene rings is 1. The Kier molecular flexibility index (Phi) is 3.83. The monoisotopic (exact) mass is 362 g/mol. The van der Waals surface area contributed by atoms with Crippen LogP contribution in [0.25, 0.3) is 28.2 Å². The minimum absolute atomic E-state index is 0.214. The number of rotatable bonds is 4. The van der Waals surface area contributed by atoms with Gasteiger partial charge in [-0.15, -0.1) is 5.10 Å². The second-order valence-corrected chi connectivity index (χ2v) is 5.51. The number of aromatic nitrogens is 6. The van der Waals surface area contributed by atoms with Crippen LogP contribution in [0.3, 0.4) is 0 Å². The van der Waals surface area contributed by atoms with Gasteiger partial charge in [-0.05, 0) is 19.1 Å². The first-order valence-corrected chi connectivity index (χ1v) is 7.81. The zero-order chi connectivity index (χ0) is 18.3. The van der Waals surface area contributed by atoms with Crippen LogP contribution in [0.5, 0.6) is 0 Å². The molecule has 0 aliphatic rings. The molecular weight excluding hydrogens is 349 g/mol. The van der Waals surface area contributed by atoms with Crippen LogP contribution < -0.4 is 0 Å². The van der Waals surface area contributed by atoms with Crippen LogP contribution >= 0.6 is 0 Å². The van der Waals surface area contributed by atoms with Crippen molar-refractivity contribution in [3.63, 3.8) is 0 Å². The summed E-state index contributed by atoms with van der Waals surface area (Å²) in [6.07, 6.45) is -2.89. The number of imidazole rings is 1. The number of hydrogen-bond donors (Lipinski definition) is 1. The van der Waals surface area contributed by atoms with Gasteiger partial charge in [0, 0.05) is 12.2 Å². The Morgan fingerprint density at radius 1 is 1.15 bits per heavy atom. The van der Waals surface area contributed by atoms with Gasteiger partial charge < -0.3 is 9.72 Å². The summed E-state index contributed by atoms with van der Waals surface area (Å²) in [5.41, 5.74) is 1.29. The third-order valence-corrected chi connectivity index (χ3v) is 3.84. The van der Waals surface area contributed by atoms with E-state index >= 15 is 0 Å². The number of ether oxygens (including phenoxy) is 1. The van der Waals surface area contributed by atoms with Gasteiger partial charge in [0.1, 0.15) is 12.1 Å². The number of aromatic amines is 1. The Labute approximate surface area is 144 Å². The molecule has 0 saturated heterocycles. The van der Waals surface area contributed by atoms with Crippen molar-refractivity contribution in [2.75, 3.05) is 6.61 Å². The van der Waals surface area contributed by atoms with Gasteiger partial charge in [-0.25, -0.2) is 15.0 Å². The fourth-order valence-electron chi connectivity index (χ4n) is 2.58. The molecule has 0 fully saturated rings. The number of H-pyrrole nitrogens is 1. The molecule has 0 atom stereocenters. The highest BCUT2D eigenvalue weighted by atomic mass is 19.4. The van der Waals surface area contributed by atoms with Crippen molar-refractivity contribution in [2.45, 2.75) is 19.7 Å². The Morgan fingerprint density at radius 2 is 1.92 bits per heavy atom. The van der Waals surface area contributed by atoms with Crippen molar-refractivity contribution in [2.24, 2.45) is 0 Å². The highest BCUT2D eigenvalue weighted by Crippen LogP contribution is 2.30. The summed E-state index contributed by atoms with van der Waals surface area (Å²) in [5.74, 6) is 0.799. The van der Waals surface area contributed by atoms with Crippen LogP contribution in [0, 0.1) is 0 Å². The third kappa shape index (κ3) is 2.77. The molecule has 0 radical (unpaired) electrons. The Hall–Kier alpha value is -3.01. The summed E-state index contributed by atoms with van der Waals surface area (Å²) in [4.78, 5) is 15.9. The zero-order valence-corrected chi connectivity index (χ0v) is 13.6. The maximum atomic E-state index is 12.7. The number of halogens is 3. The summed E-state index contributed by atoms with van der Waals surface area (Å²) in [6, 6.07) is 4.70. The van der Waals surface area contributed by atoms with Crippen LogP contribution in [-0.2, 0) is 17.5 Å². The standard InChI is InChI=1S/C16H13F3N6O/c1-2-26-7-11-22-14-12(20-8-21-14)15-23-13(24-25(11)15)9-3-5-10(6-4-9)16(17,18)19/h3-6,8H,2,7H2,1H3,(H,20,21). The molecule has 3 heterocycles. The fourth-order valence-corrected chi connectivity index (χ4v) is 2.58. The first kappa shape index (κ1) is 16.5. The van der Waals surface area contributed by atoms with Crippen molar-refractivity contribution in [1.82, 2.24) is 29.5 Å². The summed E-state index contributed by atoms with van der Waals surface area (Å²) < 4.78 is 45.1. The van der Waals surface area contributed by atoms with Gasteiger partial charge in [0.15, 0.2) is 22.9 Å². The van der Waals surface area contributed by atoms with Gasteiger partial charge in [0.25, 0.3) is 0 Å². The van der Waals surface area contributed by atoms with E-state index in [9.17, 15) is 13.2 Å². The highest BCUT2D eigenvalue weighted by Gasteiger charge is 2.30. The average Bonchev–Trinajstić information content (AvgIpc) is 3.25. The largest absolute Gasteiger partial charge is 0.416 e. The highest BCUT2D eigenvalue weighted by molar-refractivity contribution is 5.85. The molecule has 26 heavy (non-hydrogen) atoms. The van der Waals surface area contributed by atoms with Crippen molar-refractivity contribution in [1.29, 1.82) is 0 Å². The Morgan fingerprint density at radius 3 is 2.62 bits per heavy atom. The van der Waals surface area contributed by atoms with Crippen molar-refractivity contribution in [3.8, 4) is 11.4 Å². The Balaban J connectivity index is 1.84. The second kappa shape index (κ2) is 6.06. The summed E-state index contributed by atoms with van der Waals surface area (Å²) in [7, 11) is 0. The molecule has 0 spiro atoms. The molecule has 3 aromatic heterocycles. The minimum Gasteiger partial charge on any atom is -0.374 e. The summed E-state index contributed by atoms with van der Waals surface area (Å²) in [6.45, 7) is 2.58. The van der Waals surface area contributed by atoms with E-state index < -0.39 is 11.7 Å². The lowest BCUT2D eigenvalue weighted by Crippen LogP contribution is -2.06. The molecule has 1 N–H and O–H groups in total. The molecule has 4 rings (SSSR count). The van der Waals surface area contributed by atoms with E-state index in [-0.39, 0.29) is 6.61 Å². The topological polar surface area (TPSA) is 81.0 Å². The van der Waals surface area contributed by atoms with Gasteiger partial charge in [-0.3, -0.25) is 0 Å². The normalized spacial score (nSPS) is 12.3. The van der Waals surface area contributed by atoms with Crippen molar-refractivity contribution >= 4 is 16.8 Å². The molecular formula is C16H13F3N6O. The maximum Gasteiger partial charge on any atom is 0.416 e. The molecule has 0 saturated carbocycles. The predicted octanol–water partition coefficient (Wildman–Crippen LogP) is 3.22. The SMILES string of the molecule is CCOCc1nc2nc[nH]c2c2nc(-c3ccc(C(F)(F)F)cc3)nn12. The van der Waals surface area contributed by atoms with Gasteiger partial charge in [0.2, 0.25) is 0 Å². The summed E-state index contributed by atoms with van der Waals surface area (Å²) in [5, 5.41) is 4.39. The van der Waals surface area contributed by atoms with E-state index in [1.807, 2.05) is 6.92 Å². The molecule has 7 nitrogen and oxygen atoms in total. The van der Waals surface area contributed by atoms with Gasteiger partial charge in [0.05, 0.1) is 11.9 Å².